The Balaban J connectivity index is 1.89. The zero-order valence-corrected chi connectivity index (χ0v) is 18.2. The molecule has 0 radical (unpaired) electrons. The number of nitrogens with one attached hydrogen (secondary N) is 2. The number of hydrogen-bond acceptors (Lipinski definition) is 5. The van der Waals surface area contributed by atoms with E-state index in [1.54, 1.807) is 14.2 Å². The minimum atomic E-state index is 0.0458. The molecule has 0 atom stereocenters. The summed E-state index contributed by atoms with van der Waals surface area (Å²) < 4.78 is 10.3. The van der Waals surface area contributed by atoms with Crippen LogP contribution in [0.2, 0.25) is 0 Å². The summed E-state index contributed by atoms with van der Waals surface area (Å²) in [6.07, 6.45) is 0. The topological polar surface area (TPSA) is 78.4 Å². The van der Waals surface area contributed by atoms with Crippen LogP contribution in [0.3, 0.4) is 0 Å². The second-order valence-electron chi connectivity index (χ2n) is 7.13. The van der Waals surface area contributed by atoms with Crippen molar-refractivity contribution in [3.8, 4) is 5.75 Å². The summed E-state index contributed by atoms with van der Waals surface area (Å²) >= 11 is 0. The van der Waals surface area contributed by atoms with Crippen molar-refractivity contribution in [2.75, 3.05) is 66.6 Å². The maximum absolute atomic E-state index is 12.0. The molecule has 0 unspecified atom stereocenters. The van der Waals surface area contributed by atoms with E-state index in [4.69, 9.17) is 14.5 Å². The molecule has 1 heterocycles. The first-order chi connectivity index (χ1) is 14.0. The molecule has 1 aromatic carbocycles. The Kier molecular flexibility index (Phi) is 9.73. The predicted octanol–water partition coefficient (Wildman–Crippen LogP) is 0.849. The lowest BCUT2D eigenvalue weighted by molar-refractivity contribution is -0.122. The molecule has 1 amide bonds. The van der Waals surface area contributed by atoms with Crippen LogP contribution in [0.4, 0.5) is 0 Å². The molecule has 0 spiro atoms. The van der Waals surface area contributed by atoms with Gasteiger partial charge in [0.25, 0.3) is 0 Å². The van der Waals surface area contributed by atoms with Crippen molar-refractivity contribution in [1.29, 1.82) is 0 Å². The van der Waals surface area contributed by atoms with Gasteiger partial charge in [-0.1, -0.05) is 6.07 Å². The first kappa shape index (κ1) is 23.0. The number of carbonyl (C=O) groups excluding carboxylic acids is 1. The predicted molar refractivity (Wildman–Crippen MR) is 115 cm³/mol. The van der Waals surface area contributed by atoms with E-state index < -0.39 is 0 Å². The first-order valence-corrected chi connectivity index (χ1v) is 10.2. The van der Waals surface area contributed by atoms with E-state index in [1.165, 1.54) is 0 Å². The van der Waals surface area contributed by atoms with Gasteiger partial charge in [-0.25, -0.2) is 4.99 Å². The van der Waals surface area contributed by atoms with E-state index in [-0.39, 0.29) is 5.91 Å². The van der Waals surface area contributed by atoms with Crippen LogP contribution in [0.5, 0.6) is 5.75 Å². The molecular weight excluding hydrogens is 370 g/mol. The van der Waals surface area contributed by atoms with Gasteiger partial charge in [0, 0.05) is 46.4 Å². The Labute approximate surface area is 174 Å². The van der Waals surface area contributed by atoms with Gasteiger partial charge in [-0.05, 0) is 37.1 Å². The van der Waals surface area contributed by atoms with Gasteiger partial charge in [0.1, 0.15) is 5.75 Å². The molecule has 0 aliphatic carbocycles. The average molecular weight is 406 g/mol. The molecule has 1 fully saturated rings. The molecule has 0 aromatic heterocycles. The Morgan fingerprint density at radius 2 is 1.90 bits per heavy atom. The Hall–Kier alpha value is -2.32. The van der Waals surface area contributed by atoms with E-state index in [1.807, 2.05) is 12.1 Å². The third kappa shape index (κ3) is 7.91. The van der Waals surface area contributed by atoms with Crippen LogP contribution in [-0.4, -0.2) is 88.3 Å². The average Bonchev–Trinajstić information content (AvgIpc) is 2.71. The molecule has 1 saturated heterocycles. The highest BCUT2D eigenvalue weighted by Gasteiger charge is 2.21. The van der Waals surface area contributed by atoms with Crippen molar-refractivity contribution in [3.63, 3.8) is 0 Å². The van der Waals surface area contributed by atoms with Crippen molar-refractivity contribution in [1.82, 2.24) is 20.4 Å². The summed E-state index contributed by atoms with van der Waals surface area (Å²) in [6.45, 7) is 10.4. The van der Waals surface area contributed by atoms with Gasteiger partial charge in [0.2, 0.25) is 5.91 Å². The lowest BCUT2D eigenvalue weighted by atomic mass is 10.1. The number of amides is 1. The number of methoxy groups -OCH3 is 2. The maximum atomic E-state index is 12.0. The molecule has 1 aliphatic rings. The summed E-state index contributed by atoms with van der Waals surface area (Å²) in [4.78, 5) is 21.2. The Morgan fingerprint density at radius 1 is 1.14 bits per heavy atom. The summed E-state index contributed by atoms with van der Waals surface area (Å²) in [5, 5.41) is 6.26. The minimum Gasteiger partial charge on any atom is -0.497 e. The first-order valence-electron chi connectivity index (χ1n) is 10.2. The van der Waals surface area contributed by atoms with Crippen molar-refractivity contribution in [3.05, 3.63) is 29.3 Å². The van der Waals surface area contributed by atoms with Crippen molar-refractivity contribution in [2.45, 2.75) is 20.4 Å². The summed E-state index contributed by atoms with van der Waals surface area (Å²) in [6, 6.07) is 6.18. The minimum absolute atomic E-state index is 0.0458. The fraction of sp³-hybridized carbons (Fsp3) is 0.619. The fourth-order valence-electron chi connectivity index (χ4n) is 3.29. The number of aryl methyl sites for hydroxylation is 1. The number of guanidine groups is 1. The quantitative estimate of drug-likeness (QED) is 0.360. The van der Waals surface area contributed by atoms with Crippen LogP contribution >= 0.6 is 0 Å². The second kappa shape index (κ2) is 12.3. The number of rotatable bonds is 9. The molecule has 0 saturated carbocycles. The van der Waals surface area contributed by atoms with E-state index in [0.717, 1.165) is 55.6 Å². The van der Waals surface area contributed by atoms with Gasteiger partial charge in [-0.2, -0.15) is 0 Å². The number of aliphatic imine (C=N–C) groups is 1. The van der Waals surface area contributed by atoms with Gasteiger partial charge < -0.3 is 25.0 Å². The molecule has 1 aliphatic heterocycles. The number of benzene rings is 1. The molecule has 162 valence electrons. The summed E-state index contributed by atoms with van der Waals surface area (Å²) in [5.74, 6) is 1.82. The highest BCUT2D eigenvalue weighted by Crippen LogP contribution is 2.17. The molecule has 1 aromatic rings. The SMILES string of the molecule is CCNC(=NCc1cc(C)cc(OC)c1)N1CCN(CC(=O)NCCOC)CC1. The van der Waals surface area contributed by atoms with Crippen LogP contribution in [-0.2, 0) is 16.1 Å². The fourth-order valence-corrected chi connectivity index (χ4v) is 3.29. The molecule has 0 bridgehead atoms. The summed E-state index contributed by atoms with van der Waals surface area (Å²) in [5.41, 5.74) is 2.29. The molecule has 8 heteroatoms. The van der Waals surface area contributed by atoms with Gasteiger partial charge >= 0.3 is 0 Å². The van der Waals surface area contributed by atoms with Crippen LogP contribution in [0.15, 0.2) is 23.2 Å². The van der Waals surface area contributed by atoms with E-state index in [0.29, 0.717) is 26.2 Å². The summed E-state index contributed by atoms with van der Waals surface area (Å²) in [7, 11) is 3.31. The standard InChI is InChI=1S/C21H35N5O3/c1-5-22-21(24-15-18-12-17(2)13-19(14-18)29-4)26-9-7-25(8-10-26)16-20(27)23-6-11-28-3/h12-14H,5-11,15-16H2,1-4H3,(H,22,24)(H,23,27). The van der Waals surface area contributed by atoms with Crippen LogP contribution in [0.25, 0.3) is 0 Å². The van der Waals surface area contributed by atoms with Crippen LogP contribution < -0.4 is 15.4 Å². The largest absolute Gasteiger partial charge is 0.497 e. The van der Waals surface area contributed by atoms with E-state index in [9.17, 15) is 4.79 Å². The third-order valence-electron chi connectivity index (χ3n) is 4.76. The molecular formula is C21H35N5O3. The van der Waals surface area contributed by atoms with Gasteiger partial charge in [-0.3, -0.25) is 9.69 Å². The number of nitrogens with zero attached hydrogens (tertiary/aromatic N) is 3. The molecule has 2 N–H and O–H groups in total. The highest BCUT2D eigenvalue weighted by molar-refractivity contribution is 5.80. The van der Waals surface area contributed by atoms with Gasteiger partial charge in [0.05, 0.1) is 26.8 Å². The number of carbonyl (C=O) groups is 1. The smallest absolute Gasteiger partial charge is 0.234 e. The zero-order valence-electron chi connectivity index (χ0n) is 18.2. The lowest BCUT2D eigenvalue weighted by Gasteiger charge is -2.36. The van der Waals surface area contributed by atoms with Gasteiger partial charge in [-0.15, -0.1) is 0 Å². The monoisotopic (exact) mass is 405 g/mol. The highest BCUT2D eigenvalue weighted by atomic mass is 16.5. The molecule has 29 heavy (non-hydrogen) atoms. The lowest BCUT2D eigenvalue weighted by Crippen LogP contribution is -2.54. The molecule has 2 rings (SSSR count). The van der Waals surface area contributed by atoms with Crippen molar-refractivity contribution >= 4 is 11.9 Å². The van der Waals surface area contributed by atoms with E-state index in [2.05, 4.69) is 40.3 Å². The Bertz CT molecular complexity index is 672. The van der Waals surface area contributed by atoms with Crippen molar-refractivity contribution < 1.29 is 14.3 Å². The van der Waals surface area contributed by atoms with Crippen LogP contribution in [0.1, 0.15) is 18.1 Å². The zero-order chi connectivity index (χ0) is 21.1. The number of ether oxygens (including phenoxy) is 2. The second-order valence-corrected chi connectivity index (χ2v) is 7.13. The number of hydrogen-bond donors (Lipinski definition) is 2. The Morgan fingerprint density at radius 3 is 2.55 bits per heavy atom. The third-order valence-corrected chi connectivity index (χ3v) is 4.76. The van der Waals surface area contributed by atoms with Gasteiger partial charge in [0.15, 0.2) is 5.96 Å². The van der Waals surface area contributed by atoms with Crippen molar-refractivity contribution in [2.24, 2.45) is 4.99 Å². The van der Waals surface area contributed by atoms with E-state index >= 15 is 0 Å². The van der Waals surface area contributed by atoms with Crippen LogP contribution in [0, 0.1) is 6.92 Å². The maximum Gasteiger partial charge on any atom is 0.234 e. The number of piperazine rings is 1. The molecule has 8 nitrogen and oxygen atoms in total. The normalized spacial score (nSPS) is 15.3.